The van der Waals surface area contributed by atoms with Gasteiger partial charge in [0.15, 0.2) is 5.69 Å². The molecule has 0 bridgehead atoms. The largest absolute Gasteiger partial charge is 0.497 e. The van der Waals surface area contributed by atoms with Gasteiger partial charge in [0, 0.05) is 4.88 Å². The summed E-state index contributed by atoms with van der Waals surface area (Å²) >= 11 is 1.64. The number of aromatic nitrogens is 2. The summed E-state index contributed by atoms with van der Waals surface area (Å²) in [5, 5.41) is 10.8. The van der Waals surface area contributed by atoms with Gasteiger partial charge in [-0.2, -0.15) is 10.2 Å². The van der Waals surface area contributed by atoms with Crippen LogP contribution in [0.4, 0.5) is 0 Å². The Kier molecular flexibility index (Phi) is 4.72. The van der Waals surface area contributed by atoms with E-state index >= 15 is 0 Å². The van der Waals surface area contributed by atoms with E-state index in [1.165, 1.54) is 4.88 Å². The summed E-state index contributed by atoms with van der Waals surface area (Å²) in [6.07, 6.45) is 1.55. The van der Waals surface area contributed by atoms with Gasteiger partial charge in [0.1, 0.15) is 5.75 Å². The highest BCUT2D eigenvalue weighted by molar-refractivity contribution is 7.15. The fourth-order valence-corrected chi connectivity index (χ4v) is 2.92. The predicted octanol–water partition coefficient (Wildman–Crippen LogP) is 3.22. The fourth-order valence-electron chi connectivity index (χ4n) is 2.09. The summed E-state index contributed by atoms with van der Waals surface area (Å²) in [5.41, 5.74) is 4.40. The minimum Gasteiger partial charge on any atom is -0.497 e. The second kappa shape index (κ2) is 7.10. The first-order valence-corrected chi connectivity index (χ1v) is 8.07. The zero-order chi connectivity index (χ0) is 16.9. The van der Waals surface area contributed by atoms with Gasteiger partial charge in [-0.3, -0.25) is 9.89 Å². The number of nitrogens with zero attached hydrogens (tertiary/aromatic N) is 2. The third-order valence-corrected chi connectivity index (χ3v) is 4.32. The number of carbonyl (C=O) groups excluding carboxylic acids is 1. The number of nitrogens with one attached hydrogen (secondary N) is 2. The summed E-state index contributed by atoms with van der Waals surface area (Å²) in [6.45, 7) is 2.03. The van der Waals surface area contributed by atoms with Crippen molar-refractivity contribution in [3.8, 4) is 16.3 Å². The van der Waals surface area contributed by atoms with E-state index in [2.05, 4.69) is 20.7 Å². The molecule has 0 radical (unpaired) electrons. The van der Waals surface area contributed by atoms with Crippen molar-refractivity contribution >= 4 is 23.5 Å². The molecule has 0 aliphatic heterocycles. The van der Waals surface area contributed by atoms with Crippen LogP contribution in [0.3, 0.4) is 0 Å². The number of carbonyl (C=O) groups is 1. The average molecular weight is 340 g/mol. The van der Waals surface area contributed by atoms with Crippen LogP contribution in [-0.2, 0) is 0 Å². The zero-order valence-corrected chi connectivity index (χ0v) is 14.1. The molecule has 0 aliphatic rings. The SMILES string of the molecule is COc1cccc(/C=N/NC(=O)c2cc(-c3ccc(C)s3)[nH]n2)c1. The second-order valence-corrected chi connectivity index (χ2v) is 6.34. The molecular weight excluding hydrogens is 324 g/mol. The Labute approximate surface area is 143 Å². The third-order valence-electron chi connectivity index (χ3n) is 3.29. The summed E-state index contributed by atoms with van der Waals surface area (Å²) in [4.78, 5) is 14.3. The molecule has 0 saturated heterocycles. The van der Waals surface area contributed by atoms with Gasteiger partial charge in [0.2, 0.25) is 0 Å². The number of benzene rings is 1. The molecule has 24 heavy (non-hydrogen) atoms. The molecule has 3 rings (SSSR count). The van der Waals surface area contributed by atoms with Crippen molar-refractivity contribution in [3.63, 3.8) is 0 Å². The highest BCUT2D eigenvalue weighted by Crippen LogP contribution is 2.26. The fraction of sp³-hybridized carbons (Fsp3) is 0.118. The third kappa shape index (κ3) is 3.69. The topological polar surface area (TPSA) is 79.4 Å². The number of amides is 1. The van der Waals surface area contributed by atoms with Gasteiger partial charge in [0.25, 0.3) is 5.91 Å². The molecule has 0 unspecified atom stereocenters. The van der Waals surface area contributed by atoms with Gasteiger partial charge in [-0.15, -0.1) is 11.3 Å². The van der Waals surface area contributed by atoms with Gasteiger partial charge in [-0.05, 0) is 42.8 Å². The number of hydrogen-bond donors (Lipinski definition) is 2. The number of ether oxygens (including phenoxy) is 1. The standard InChI is InChI=1S/C17H16N4O2S/c1-11-6-7-16(24-11)14-9-15(20-19-14)17(22)21-18-10-12-4-3-5-13(8-12)23-2/h3-10H,1-2H3,(H,19,20)(H,21,22)/b18-10+. The Bertz CT molecular complexity index is 882. The van der Waals surface area contributed by atoms with E-state index in [1.807, 2.05) is 43.3 Å². The van der Waals surface area contributed by atoms with Crippen molar-refractivity contribution in [2.45, 2.75) is 6.92 Å². The molecule has 0 aliphatic carbocycles. The van der Waals surface area contributed by atoms with E-state index in [1.54, 1.807) is 30.7 Å². The van der Waals surface area contributed by atoms with Crippen molar-refractivity contribution in [2.24, 2.45) is 5.10 Å². The van der Waals surface area contributed by atoms with Crippen LogP contribution in [0.1, 0.15) is 20.9 Å². The number of H-pyrrole nitrogens is 1. The van der Waals surface area contributed by atoms with Crippen LogP contribution < -0.4 is 10.2 Å². The van der Waals surface area contributed by atoms with E-state index in [9.17, 15) is 4.79 Å². The summed E-state index contributed by atoms with van der Waals surface area (Å²) in [5.74, 6) is 0.360. The molecule has 0 fully saturated rings. The zero-order valence-electron chi connectivity index (χ0n) is 13.2. The van der Waals surface area contributed by atoms with Crippen LogP contribution in [0.25, 0.3) is 10.6 Å². The van der Waals surface area contributed by atoms with E-state index in [-0.39, 0.29) is 5.91 Å². The smallest absolute Gasteiger partial charge is 0.291 e. The van der Waals surface area contributed by atoms with Gasteiger partial charge in [0.05, 0.1) is 23.9 Å². The van der Waals surface area contributed by atoms with E-state index in [0.29, 0.717) is 5.69 Å². The average Bonchev–Trinajstić information content (AvgIpc) is 3.24. The maximum atomic E-state index is 12.1. The Morgan fingerprint density at radius 2 is 2.21 bits per heavy atom. The highest BCUT2D eigenvalue weighted by Gasteiger charge is 2.11. The van der Waals surface area contributed by atoms with Gasteiger partial charge in [-0.25, -0.2) is 5.43 Å². The van der Waals surface area contributed by atoms with Crippen LogP contribution in [0.2, 0.25) is 0 Å². The molecule has 6 nitrogen and oxygen atoms in total. The molecule has 0 atom stereocenters. The number of rotatable bonds is 5. The van der Waals surface area contributed by atoms with Crippen molar-refractivity contribution < 1.29 is 9.53 Å². The first-order valence-electron chi connectivity index (χ1n) is 7.25. The molecule has 2 aromatic heterocycles. The molecule has 2 heterocycles. The minimum absolute atomic E-state index is 0.291. The van der Waals surface area contributed by atoms with Crippen LogP contribution in [-0.4, -0.2) is 29.4 Å². The Morgan fingerprint density at radius 3 is 2.96 bits per heavy atom. The number of thiophene rings is 1. The van der Waals surface area contributed by atoms with Gasteiger partial charge < -0.3 is 4.74 Å². The Morgan fingerprint density at radius 1 is 1.33 bits per heavy atom. The number of hydrogen-bond acceptors (Lipinski definition) is 5. The van der Waals surface area contributed by atoms with Gasteiger partial charge in [-0.1, -0.05) is 12.1 Å². The van der Waals surface area contributed by atoms with E-state index in [4.69, 9.17) is 4.74 Å². The van der Waals surface area contributed by atoms with Crippen molar-refractivity contribution in [1.29, 1.82) is 0 Å². The first kappa shape index (κ1) is 15.9. The molecule has 2 N–H and O–H groups in total. The summed E-state index contributed by atoms with van der Waals surface area (Å²) in [6, 6.07) is 13.1. The number of hydrazone groups is 1. The lowest BCUT2D eigenvalue weighted by Gasteiger charge is -1.99. The number of aromatic amines is 1. The highest BCUT2D eigenvalue weighted by atomic mass is 32.1. The van der Waals surface area contributed by atoms with Crippen LogP contribution in [0, 0.1) is 6.92 Å². The molecule has 3 aromatic rings. The van der Waals surface area contributed by atoms with Crippen molar-refractivity contribution in [3.05, 3.63) is 58.6 Å². The Balaban J connectivity index is 1.65. The number of aryl methyl sites for hydroxylation is 1. The summed E-state index contributed by atoms with van der Waals surface area (Å²) in [7, 11) is 1.60. The molecule has 1 aromatic carbocycles. The molecule has 0 saturated carbocycles. The lowest BCUT2D eigenvalue weighted by molar-refractivity contribution is 0.0950. The van der Waals surface area contributed by atoms with Gasteiger partial charge >= 0.3 is 0 Å². The maximum absolute atomic E-state index is 12.1. The van der Waals surface area contributed by atoms with Crippen LogP contribution >= 0.6 is 11.3 Å². The summed E-state index contributed by atoms with van der Waals surface area (Å²) < 4.78 is 5.14. The molecule has 0 spiro atoms. The predicted molar refractivity (Wildman–Crippen MR) is 94.7 cm³/mol. The van der Waals surface area contributed by atoms with Crippen LogP contribution in [0.15, 0.2) is 47.6 Å². The monoisotopic (exact) mass is 340 g/mol. The second-order valence-electron chi connectivity index (χ2n) is 5.05. The molecule has 7 heteroatoms. The molecule has 1 amide bonds. The Hall–Kier alpha value is -2.93. The number of methoxy groups -OCH3 is 1. The lowest BCUT2D eigenvalue weighted by Crippen LogP contribution is -2.17. The van der Waals surface area contributed by atoms with Crippen LogP contribution in [0.5, 0.6) is 5.75 Å². The molecule has 122 valence electrons. The van der Waals surface area contributed by atoms with E-state index in [0.717, 1.165) is 21.9 Å². The van der Waals surface area contributed by atoms with Crippen molar-refractivity contribution in [1.82, 2.24) is 15.6 Å². The quantitative estimate of drug-likeness (QED) is 0.553. The lowest BCUT2D eigenvalue weighted by atomic mass is 10.2. The molecular formula is C17H16N4O2S. The van der Waals surface area contributed by atoms with E-state index < -0.39 is 0 Å². The van der Waals surface area contributed by atoms with Crippen molar-refractivity contribution in [2.75, 3.05) is 7.11 Å². The maximum Gasteiger partial charge on any atom is 0.291 e. The normalized spacial score (nSPS) is 10.9. The first-order chi connectivity index (χ1) is 11.7. The minimum atomic E-state index is -0.370.